The van der Waals surface area contributed by atoms with E-state index in [9.17, 15) is 9.59 Å². The number of rotatable bonds is 6. The SMILES string of the molecule is COc1cc(OC(C)=O)c2c3c1O[C@H]1[C@@H](N(C)C(=O)C#Cc4ccc(C)c(C)c4)CC[C@H]4[C@@H](C2)N(CCc2ccccc2)CC[C@@]341. The summed E-state index contributed by atoms with van der Waals surface area (Å²) in [7, 11) is 3.49. The second-order valence-corrected chi connectivity index (χ2v) is 13.4. The minimum absolute atomic E-state index is 0.158. The second-order valence-electron chi connectivity index (χ2n) is 13.4. The minimum Gasteiger partial charge on any atom is -0.493 e. The maximum absolute atomic E-state index is 13.6. The van der Waals surface area contributed by atoms with Crippen molar-refractivity contribution >= 4 is 11.9 Å². The number of amides is 1. The van der Waals surface area contributed by atoms with E-state index in [0.29, 0.717) is 17.4 Å². The number of esters is 1. The Labute approximate surface area is 271 Å². The summed E-state index contributed by atoms with van der Waals surface area (Å²) in [5.41, 5.74) is 6.38. The van der Waals surface area contributed by atoms with Gasteiger partial charge in [0.1, 0.15) is 11.9 Å². The van der Waals surface area contributed by atoms with Gasteiger partial charge in [0, 0.05) is 60.7 Å². The first-order valence-corrected chi connectivity index (χ1v) is 16.4. The molecule has 2 aliphatic carbocycles. The van der Waals surface area contributed by atoms with Crippen molar-refractivity contribution in [2.75, 3.05) is 27.2 Å². The topological polar surface area (TPSA) is 68.3 Å². The number of likely N-dealkylation sites (tertiary alicyclic amines) is 1. The van der Waals surface area contributed by atoms with Crippen molar-refractivity contribution in [1.29, 1.82) is 0 Å². The Bertz CT molecular complexity index is 1760. The van der Waals surface area contributed by atoms with Crippen LogP contribution in [0.15, 0.2) is 54.6 Å². The molecule has 2 bridgehead atoms. The van der Waals surface area contributed by atoms with Crippen LogP contribution in [0.1, 0.15) is 59.6 Å². The molecule has 0 N–H and O–H groups in total. The van der Waals surface area contributed by atoms with Crippen molar-refractivity contribution < 1.29 is 23.8 Å². The number of nitrogens with zero attached hydrogens (tertiary/aromatic N) is 2. The van der Waals surface area contributed by atoms with E-state index in [4.69, 9.17) is 14.2 Å². The third-order valence-electron chi connectivity index (χ3n) is 11.1. The number of methoxy groups -OCH3 is 1. The van der Waals surface area contributed by atoms with Crippen molar-refractivity contribution in [2.24, 2.45) is 5.92 Å². The van der Waals surface area contributed by atoms with Gasteiger partial charge in [-0.15, -0.1) is 0 Å². The first-order valence-electron chi connectivity index (χ1n) is 16.4. The van der Waals surface area contributed by atoms with Crippen LogP contribution >= 0.6 is 0 Å². The van der Waals surface area contributed by atoms with Crippen molar-refractivity contribution in [1.82, 2.24) is 9.80 Å². The Morgan fingerprint density at radius 3 is 2.61 bits per heavy atom. The van der Waals surface area contributed by atoms with Crippen LogP contribution in [-0.4, -0.2) is 67.1 Å². The van der Waals surface area contributed by atoms with Crippen LogP contribution in [0.2, 0.25) is 0 Å². The molecule has 3 aromatic carbocycles. The Morgan fingerprint density at radius 1 is 1.07 bits per heavy atom. The van der Waals surface area contributed by atoms with E-state index < -0.39 is 0 Å². The van der Waals surface area contributed by atoms with E-state index in [1.165, 1.54) is 18.1 Å². The summed E-state index contributed by atoms with van der Waals surface area (Å²) in [6, 6.07) is 18.6. The van der Waals surface area contributed by atoms with E-state index in [1.54, 1.807) is 12.0 Å². The number of carbonyl (C=O) groups is 2. The maximum atomic E-state index is 13.6. The molecular weight excluding hydrogens is 576 g/mol. The second kappa shape index (κ2) is 11.8. The van der Waals surface area contributed by atoms with Crippen LogP contribution in [0.25, 0.3) is 0 Å². The molecule has 7 rings (SSSR count). The minimum atomic E-state index is -0.353. The molecule has 0 radical (unpaired) electrons. The summed E-state index contributed by atoms with van der Waals surface area (Å²) in [6.45, 7) is 7.47. The summed E-state index contributed by atoms with van der Waals surface area (Å²) >= 11 is 0. The number of ether oxygens (including phenoxy) is 3. The Kier molecular flexibility index (Phi) is 7.81. The van der Waals surface area contributed by atoms with Gasteiger partial charge in [0.15, 0.2) is 11.5 Å². The molecule has 2 fully saturated rings. The number of carbonyl (C=O) groups excluding carboxylic acids is 2. The van der Waals surface area contributed by atoms with E-state index in [2.05, 4.69) is 60.9 Å². The summed E-state index contributed by atoms with van der Waals surface area (Å²) in [5, 5.41) is 0. The molecule has 1 spiro atoms. The number of hydrogen-bond acceptors (Lipinski definition) is 6. The fraction of sp³-hybridized carbons (Fsp3) is 0.436. The van der Waals surface area contributed by atoms with E-state index in [0.717, 1.165) is 73.2 Å². The maximum Gasteiger partial charge on any atom is 0.308 e. The summed E-state index contributed by atoms with van der Waals surface area (Å²) in [6.07, 6.45) is 4.21. The van der Waals surface area contributed by atoms with Crippen LogP contribution in [0, 0.1) is 31.6 Å². The highest BCUT2D eigenvalue weighted by atomic mass is 16.5. The average molecular weight is 619 g/mol. The molecule has 2 heterocycles. The van der Waals surface area contributed by atoms with E-state index >= 15 is 0 Å². The summed E-state index contributed by atoms with van der Waals surface area (Å²) in [4.78, 5) is 30.4. The van der Waals surface area contributed by atoms with Gasteiger partial charge in [0.25, 0.3) is 5.91 Å². The number of aryl methyl sites for hydroxylation is 2. The van der Waals surface area contributed by atoms with Gasteiger partial charge in [-0.3, -0.25) is 14.5 Å². The molecule has 1 saturated carbocycles. The lowest BCUT2D eigenvalue weighted by Crippen LogP contribution is -2.69. The lowest BCUT2D eigenvalue weighted by Gasteiger charge is -2.60. The first-order chi connectivity index (χ1) is 22.2. The third-order valence-corrected chi connectivity index (χ3v) is 11.1. The smallest absolute Gasteiger partial charge is 0.308 e. The van der Waals surface area contributed by atoms with Crippen molar-refractivity contribution in [3.8, 4) is 29.1 Å². The molecule has 46 heavy (non-hydrogen) atoms. The number of piperidine rings is 1. The van der Waals surface area contributed by atoms with Crippen molar-refractivity contribution in [3.63, 3.8) is 0 Å². The quantitative estimate of drug-likeness (QED) is 0.210. The Balaban J connectivity index is 1.25. The molecule has 4 aliphatic rings. The Hall–Kier alpha value is -4.28. The standard InChI is InChI=1S/C39H42N2O5/c1-24-11-12-28(21-25(24)2)13-16-35(43)40(4)31-15-14-30-32-22-29-33(45-26(3)42)23-34(44-5)37-36(29)39(30,38(31)46-37)18-20-41(32)19-17-27-9-7-6-8-10-27/h6-12,21,23,30-32,38H,14-15,17-20,22H2,1-5H3/t30-,31-,32+,38-,39-/m0/s1. The number of likely N-dealkylation sites (N-methyl/N-ethyl adjacent to an activating group) is 1. The molecule has 1 saturated heterocycles. The van der Waals surface area contributed by atoms with Gasteiger partial charge in [-0.1, -0.05) is 42.3 Å². The summed E-state index contributed by atoms with van der Waals surface area (Å²) in [5.74, 6) is 7.68. The fourth-order valence-electron chi connectivity index (χ4n) is 8.81. The average Bonchev–Trinajstić information content (AvgIpc) is 3.39. The predicted molar refractivity (Wildman–Crippen MR) is 176 cm³/mol. The van der Waals surface area contributed by atoms with E-state index in [1.807, 2.05) is 31.3 Å². The van der Waals surface area contributed by atoms with Crippen LogP contribution in [0.3, 0.4) is 0 Å². The molecular formula is C39H42N2O5. The van der Waals surface area contributed by atoms with Crippen LogP contribution in [-0.2, 0) is 27.8 Å². The van der Waals surface area contributed by atoms with Gasteiger partial charge in [0.05, 0.1) is 13.2 Å². The zero-order valence-corrected chi connectivity index (χ0v) is 27.4. The molecule has 0 unspecified atom stereocenters. The zero-order chi connectivity index (χ0) is 32.2. The lowest BCUT2D eigenvalue weighted by molar-refractivity contribution is -0.135. The zero-order valence-electron chi connectivity index (χ0n) is 27.4. The van der Waals surface area contributed by atoms with Gasteiger partial charge in [-0.2, -0.15) is 0 Å². The number of benzene rings is 3. The molecule has 7 heteroatoms. The summed E-state index contributed by atoms with van der Waals surface area (Å²) < 4.78 is 18.7. The normalized spacial score (nSPS) is 25.4. The largest absolute Gasteiger partial charge is 0.493 e. The van der Waals surface area contributed by atoms with Crippen molar-refractivity contribution in [3.05, 3.63) is 88.0 Å². The van der Waals surface area contributed by atoms with Gasteiger partial charge < -0.3 is 19.1 Å². The molecule has 5 atom stereocenters. The molecule has 0 aromatic heterocycles. The number of hydrogen-bond donors (Lipinski definition) is 0. The molecule has 2 aliphatic heterocycles. The van der Waals surface area contributed by atoms with Crippen molar-refractivity contribution in [2.45, 2.75) is 76.5 Å². The molecule has 7 nitrogen and oxygen atoms in total. The third kappa shape index (κ3) is 4.95. The highest BCUT2D eigenvalue weighted by Gasteiger charge is 2.67. The predicted octanol–water partition coefficient (Wildman–Crippen LogP) is 5.40. The molecule has 238 valence electrons. The Morgan fingerprint density at radius 2 is 1.87 bits per heavy atom. The highest BCUT2D eigenvalue weighted by molar-refractivity contribution is 5.94. The molecule has 3 aromatic rings. The highest BCUT2D eigenvalue weighted by Crippen LogP contribution is 2.65. The van der Waals surface area contributed by atoms with Crippen LogP contribution in [0.4, 0.5) is 0 Å². The van der Waals surface area contributed by atoms with Gasteiger partial charge in [-0.25, -0.2) is 0 Å². The lowest BCUT2D eigenvalue weighted by atomic mass is 9.50. The molecule has 1 amide bonds. The first kappa shape index (κ1) is 30.4. The monoisotopic (exact) mass is 618 g/mol. The van der Waals surface area contributed by atoms with Crippen LogP contribution in [0.5, 0.6) is 17.2 Å². The fourth-order valence-corrected chi connectivity index (χ4v) is 8.81. The van der Waals surface area contributed by atoms with Crippen LogP contribution < -0.4 is 14.2 Å². The van der Waals surface area contributed by atoms with E-state index in [-0.39, 0.29) is 35.5 Å². The van der Waals surface area contributed by atoms with Gasteiger partial charge in [-0.05, 0) is 87.2 Å². The van der Waals surface area contributed by atoms with Gasteiger partial charge >= 0.3 is 5.97 Å². The van der Waals surface area contributed by atoms with Gasteiger partial charge in [0.2, 0.25) is 0 Å².